The van der Waals surface area contributed by atoms with E-state index in [0.29, 0.717) is 31.7 Å². The molecule has 2 aliphatic carbocycles. The number of hydrogen-bond acceptors (Lipinski definition) is 3. The Balaban J connectivity index is 1.48. The van der Waals surface area contributed by atoms with Crippen molar-refractivity contribution in [3.63, 3.8) is 0 Å². The molecule has 0 radical (unpaired) electrons. The molecule has 0 aromatic heterocycles. The van der Waals surface area contributed by atoms with E-state index in [2.05, 4.69) is 6.07 Å². The van der Waals surface area contributed by atoms with Gasteiger partial charge in [-0.15, -0.1) is 0 Å². The van der Waals surface area contributed by atoms with Gasteiger partial charge in [0.05, 0.1) is 0 Å². The van der Waals surface area contributed by atoms with Crippen LogP contribution < -0.4 is 4.74 Å². The van der Waals surface area contributed by atoms with Crippen LogP contribution in [0, 0.1) is 5.92 Å². The summed E-state index contributed by atoms with van der Waals surface area (Å²) in [6.07, 6.45) is 5.93. The average molecular weight is 329 g/mol. The van der Waals surface area contributed by atoms with Crippen molar-refractivity contribution < 1.29 is 19.4 Å². The van der Waals surface area contributed by atoms with Gasteiger partial charge in [0, 0.05) is 31.8 Å². The van der Waals surface area contributed by atoms with Crippen molar-refractivity contribution >= 4 is 11.9 Å². The highest BCUT2D eigenvalue weighted by Gasteiger charge is 2.46. The number of aryl methyl sites for hydroxylation is 2. The molecule has 1 aromatic rings. The van der Waals surface area contributed by atoms with Crippen LogP contribution in [0.5, 0.6) is 5.75 Å². The maximum atomic E-state index is 12.2. The third-order valence-electron chi connectivity index (χ3n) is 5.58. The minimum atomic E-state index is -1.22. The van der Waals surface area contributed by atoms with Crippen LogP contribution in [0.3, 0.4) is 0 Å². The van der Waals surface area contributed by atoms with Gasteiger partial charge in [0.15, 0.2) is 0 Å². The van der Waals surface area contributed by atoms with Gasteiger partial charge in [-0.25, -0.2) is 4.79 Å². The Labute approximate surface area is 141 Å². The molecule has 0 bridgehead atoms. The molecular formula is C19H23NO4. The zero-order valence-electron chi connectivity index (χ0n) is 13.8. The molecule has 2 fully saturated rings. The van der Waals surface area contributed by atoms with Gasteiger partial charge in [0.25, 0.3) is 0 Å². The monoisotopic (exact) mass is 329 g/mol. The molecule has 0 spiro atoms. The Bertz CT molecular complexity index is 672. The number of likely N-dealkylation sites (tertiary alicyclic amines) is 1. The summed E-state index contributed by atoms with van der Waals surface area (Å²) in [6, 6.07) is 5.93. The number of carbonyl (C=O) groups excluding carboxylic acids is 1. The topological polar surface area (TPSA) is 66.8 Å². The minimum Gasteiger partial charge on any atom is -0.478 e. The molecule has 1 aliphatic heterocycles. The molecular weight excluding hydrogens is 306 g/mol. The fourth-order valence-corrected chi connectivity index (χ4v) is 3.87. The summed E-state index contributed by atoms with van der Waals surface area (Å²) >= 11 is 0. The Morgan fingerprint density at radius 2 is 1.83 bits per heavy atom. The SMILES string of the molecule is O=C(C1CC1)N1CCC(Oc2ccc3c(c2)CCC3)(C(=O)O)CC1. The molecule has 1 aromatic carbocycles. The summed E-state index contributed by atoms with van der Waals surface area (Å²) in [4.78, 5) is 25.9. The second-order valence-electron chi connectivity index (χ2n) is 7.29. The number of piperidine rings is 1. The second kappa shape index (κ2) is 5.80. The Kier molecular flexibility index (Phi) is 3.74. The van der Waals surface area contributed by atoms with Gasteiger partial charge in [-0.2, -0.15) is 0 Å². The summed E-state index contributed by atoms with van der Waals surface area (Å²) in [6.45, 7) is 0.930. The van der Waals surface area contributed by atoms with Gasteiger partial charge < -0.3 is 14.7 Å². The van der Waals surface area contributed by atoms with E-state index in [1.807, 2.05) is 17.0 Å². The highest BCUT2D eigenvalue weighted by atomic mass is 16.5. The molecule has 3 aliphatic rings. The van der Waals surface area contributed by atoms with Gasteiger partial charge in [-0.1, -0.05) is 6.07 Å². The maximum absolute atomic E-state index is 12.2. The fourth-order valence-electron chi connectivity index (χ4n) is 3.87. The molecule has 1 amide bonds. The normalized spacial score (nSPS) is 22.1. The van der Waals surface area contributed by atoms with Gasteiger partial charge in [-0.05, 0) is 55.4 Å². The summed E-state index contributed by atoms with van der Waals surface area (Å²) in [5.74, 6) is 0.0769. The first-order chi connectivity index (χ1) is 11.6. The highest BCUT2D eigenvalue weighted by molar-refractivity contribution is 5.82. The van der Waals surface area contributed by atoms with Crippen LogP contribution in [0.2, 0.25) is 0 Å². The van der Waals surface area contributed by atoms with Crippen molar-refractivity contribution in [1.29, 1.82) is 0 Å². The van der Waals surface area contributed by atoms with Crippen molar-refractivity contribution in [2.24, 2.45) is 5.92 Å². The van der Waals surface area contributed by atoms with Crippen molar-refractivity contribution in [2.75, 3.05) is 13.1 Å². The van der Waals surface area contributed by atoms with E-state index in [0.717, 1.165) is 32.1 Å². The van der Waals surface area contributed by atoms with E-state index in [-0.39, 0.29) is 11.8 Å². The van der Waals surface area contributed by atoms with Gasteiger partial charge in [0.2, 0.25) is 11.5 Å². The van der Waals surface area contributed by atoms with E-state index in [1.54, 1.807) is 0 Å². The van der Waals surface area contributed by atoms with Crippen molar-refractivity contribution in [3.05, 3.63) is 29.3 Å². The fraction of sp³-hybridized carbons (Fsp3) is 0.579. The lowest BCUT2D eigenvalue weighted by atomic mass is 9.90. The molecule has 4 rings (SSSR count). The Hall–Kier alpha value is -2.04. The zero-order chi connectivity index (χ0) is 16.7. The molecule has 5 nitrogen and oxygen atoms in total. The van der Waals surface area contributed by atoms with Gasteiger partial charge >= 0.3 is 5.97 Å². The molecule has 0 atom stereocenters. The first kappa shape index (κ1) is 15.5. The van der Waals surface area contributed by atoms with E-state index >= 15 is 0 Å². The predicted molar refractivity (Wildman–Crippen MR) is 88.0 cm³/mol. The first-order valence-corrected chi connectivity index (χ1v) is 8.90. The van der Waals surface area contributed by atoms with E-state index < -0.39 is 11.6 Å². The first-order valence-electron chi connectivity index (χ1n) is 8.90. The minimum absolute atomic E-state index is 0.181. The van der Waals surface area contributed by atoms with E-state index in [9.17, 15) is 14.7 Å². The number of hydrogen-bond donors (Lipinski definition) is 1. The maximum Gasteiger partial charge on any atom is 0.348 e. The standard InChI is InChI=1S/C19H23NO4/c21-17(14-4-5-14)20-10-8-19(9-11-20,18(22)23)24-16-7-6-13-2-1-3-15(13)12-16/h6-7,12,14H,1-5,8-11H2,(H,22,23). The summed E-state index contributed by atoms with van der Waals surface area (Å²) < 4.78 is 6.00. The third-order valence-corrected chi connectivity index (χ3v) is 5.58. The van der Waals surface area contributed by atoms with Crippen LogP contribution in [-0.4, -0.2) is 40.6 Å². The van der Waals surface area contributed by atoms with Crippen LogP contribution in [-0.2, 0) is 22.4 Å². The van der Waals surface area contributed by atoms with Crippen LogP contribution >= 0.6 is 0 Å². The van der Waals surface area contributed by atoms with Crippen LogP contribution in [0.4, 0.5) is 0 Å². The number of amides is 1. The summed E-state index contributed by atoms with van der Waals surface area (Å²) in [7, 11) is 0. The largest absolute Gasteiger partial charge is 0.478 e. The average Bonchev–Trinajstić information content (AvgIpc) is 3.33. The number of fused-ring (bicyclic) bond motifs is 1. The molecule has 24 heavy (non-hydrogen) atoms. The lowest BCUT2D eigenvalue weighted by Crippen LogP contribution is -2.54. The Morgan fingerprint density at radius 1 is 1.12 bits per heavy atom. The van der Waals surface area contributed by atoms with Gasteiger partial charge in [-0.3, -0.25) is 4.79 Å². The molecule has 1 heterocycles. The number of rotatable bonds is 4. The zero-order valence-corrected chi connectivity index (χ0v) is 13.8. The summed E-state index contributed by atoms with van der Waals surface area (Å²) in [5.41, 5.74) is 1.40. The van der Waals surface area contributed by atoms with Crippen molar-refractivity contribution in [1.82, 2.24) is 4.90 Å². The number of aliphatic carboxylic acids is 1. The van der Waals surface area contributed by atoms with Crippen LogP contribution in [0.1, 0.15) is 43.2 Å². The summed E-state index contributed by atoms with van der Waals surface area (Å²) in [5, 5.41) is 9.76. The molecule has 1 saturated heterocycles. The van der Waals surface area contributed by atoms with Crippen LogP contribution in [0.25, 0.3) is 0 Å². The number of benzene rings is 1. The molecule has 128 valence electrons. The quantitative estimate of drug-likeness (QED) is 0.921. The number of carboxylic acid groups (broad SMARTS) is 1. The Morgan fingerprint density at radius 3 is 2.50 bits per heavy atom. The lowest BCUT2D eigenvalue weighted by molar-refractivity contribution is -0.162. The number of nitrogens with zero attached hydrogens (tertiary/aromatic N) is 1. The van der Waals surface area contributed by atoms with Crippen molar-refractivity contribution in [2.45, 2.75) is 50.5 Å². The van der Waals surface area contributed by atoms with Gasteiger partial charge in [0.1, 0.15) is 5.75 Å². The molecule has 1 saturated carbocycles. The third kappa shape index (κ3) is 2.76. The number of carbonyl (C=O) groups is 2. The van der Waals surface area contributed by atoms with Crippen LogP contribution in [0.15, 0.2) is 18.2 Å². The lowest BCUT2D eigenvalue weighted by Gasteiger charge is -2.39. The predicted octanol–water partition coefficient (Wildman–Crippen LogP) is 2.41. The molecule has 1 N–H and O–H groups in total. The van der Waals surface area contributed by atoms with E-state index in [1.165, 1.54) is 11.1 Å². The highest BCUT2D eigenvalue weighted by Crippen LogP contribution is 2.35. The number of carboxylic acids is 1. The van der Waals surface area contributed by atoms with Crippen molar-refractivity contribution in [3.8, 4) is 5.75 Å². The smallest absolute Gasteiger partial charge is 0.348 e. The van der Waals surface area contributed by atoms with E-state index in [4.69, 9.17) is 4.74 Å². The number of ether oxygens (including phenoxy) is 1. The molecule has 5 heteroatoms. The molecule has 0 unspecified atom stereocenters. The second-order valence-corrected chi connectivity index (χ2v) is 7.29.